The highest BCUT2D eigenvalue weighted by atomic mass is 19.1. The molecule has 0 radical (unpaired) electrons. The Morgan fingerprint density at radius 3 is 2.29 bits per heavy atom. The third kappa shape index (κ3) is 4.94. The highest BCUT2D eigenvalue weighted by Crippen LogP contribution is 2.10. The molecule has 1 N–H and O–H groups in total. The monoisotopic (exact) mass is 286 g/mol. The number of aromatic nitrogens is 1. The number of benzene rings is 1. The van der Waals surface area contributed by atoms with E-state index in [0.29, 0.717) is 6.04 Å². The molecule has 0 aliphatic carbocycles. The van der Waals surface area contributed by atoms with Gasteiger partial charge in [-0.3, -0.25) is 4.98 Å². The van der Waals surface area contributed by atoms with E-state index in [0.717, 1.165) is 37.1 Å². The summed E-state index contributed by atoms with van der Waals surface area (Å²) in [6.45, 7) is 5.15. The van der Waals surface area contributed by atoms with Crippen LogP contribution in [0.5, 0.6) is 0 Å². The molecule has 0 bridgehead atoms. The summed E-state index contributed by atoms with van der Waals surface area (Å²) in [6.07, 6.45) is 4.73. The summed E-state index contributed by atoms with van der Waals surface area (Å²) in [5, 5.41) is 3.49. The lowest BCUT2D eigenvalue weighted by atomic mass is 10.0. The zero-order chi connectivity index (χ0) is 15.1. The van der Waals surface area contributed by atoms with Crippen molar-refractivity contribution in [2.75, 3.05) is 6.54 Å². The van der Waals surface area contributed by atoms with Crippen LogP contribution in [-0.2, 0) is 19.3 Å². The Kier molecular flexibility index (Phi) is 5.88. The van der Waals surface area contributed by atoms with Crippen molar-refractivity contribution in [1.29, 1.82) is 0 Å². The topological polar surface area (TPSA) is 24.9 Å². The number of halogens is 1. The van der Waals surface area contributed by atoms with Crippen LogP contribution >= 0.6 is 0 Å². The first-order chi connectivity index (χ1) is 10.2. The number of hydrogen-bond donors (Lipinski definition) is 1. The smallest absolute Gasteiger partial charge is 0.123 e. The number of likely N-dealkylation sites (N-methyl/N-ethyl adjacent to an activating group) is 1. The zero-order valence-corrected chi connectivity index (χ0v) is 12.8. The van der Waals surface area contributed by atoms with E-state index in [-0.39, 0.29) is 5.82 Å². The van der Waals surface area contributed by atoms with Gasteiger partial charge in [0.25, 0.3) is 0 Å². The first-order valence-electron chi connectivity index (χ1n) is 7.63. The first-order valence-corrected chi connectivity index (χ1v) is 7.63. The minimum atomic E-state index is -0.185. The van der Waals surface area contributed by atoms with Crippen molar-refractivity contribution in [3.63, 3.8) is 0 Å². The molecular formula is C18H23FN2. The van der Waals surface area contributed by atoms with Gasteiger partial charge in [-0.05, 0) is 48.7 Å². The molecule has 1 atom stereocenters. The Morgan fingerprint density at radius 2 is 1.71 bits per heavy atom. The molecule has 1 aromatic heterocycles. The van der Waals surface area contributed by atoms with Gasteiger partial charge in [0.15, 0.2) is 0 Å². The first kappa shape index (κ1) is 15.6. The third-order valence-corrected chi connectivity index (χ3v) is 3.64. The Morgan fingerprint density at radius 1 is 1.00 bits per heavy atom. The maximum Gasteiger partial charge on any atom is 0.123 e. The molecule has 112 valence electrons. The summed E-state index contributed by atoms with van der Waals surface area (Å²) < 4.78 is 13.0. The molecule has 2 aromatic rings. The molecule has 0 amide bonds. The van der Waals surface area contributed by atoms with E-state index in [1.165, 1.54) is 17.7 Å². The molecule has 2 nitrogen and oxygen atoms in total. The average molecular weight is 286 g/mol. The Balaban J connectivity index is 2.02. The summed E-state index contributed by atoms with van der Waals surface area (Å²) >= 11 is 0. The summed E-state index contributed by atoms with van der Waals surface area (Å²) in [5.74, 6) is -0.185. The van der Waals surface area contributed by atoms with Gasteiger partial charge in [0.2, 0.25) is 0 Å². The molecule has 1 unspecified atom stereocenters. The van der Waals surface area contributed by atoms with Crippen LogP contribution in [0.1, 0.15) is 30.7 Å². The van der Waals surface area contributed by atoms with Crippen molar-refractivity contribution in [2.24, 2.45) is 0 Å². The molecule has 3 heteroatoms. The number of pyridine rings is 1. The lowest BCUT2D eigenvalue weighted by molar-refractivity contribution is 0.516. The third-order valence-electron chi connectivity index (χ3n) is 3.64. The predicted molar refractivity (Wildman–Crippen MR) is 84.9 cm³/mol. The normalized spacial score (nSPS) is 12.3. The van der Waals surface area contributed by atoms with Gasteiger partial charge in [-0.1, -0.05) is 32.0 Å². The molecule has 0 saturated heterocycles. The van der Waals surface area contributed by atoms with Crippen LogP contribution in [0.15, 0.2) is 42.6 Å². The highest BCUT2D eigenvalue weighted by molar-refractivity contribution is 5.19. The quantitative estimate of drug-likeness (QED) is 0.842. The molecule has 0 aliphatic heterocycles. The zero-order valence-electron chi connectivity index (χ0n) is 12.8. The van der Waals surface area contributed by atoms with Crippen molar-refractivity contribution < 1.29 is 4.39 Å². The fourth-order valence-electron chi connectivity index (χ4n) is 2.45. The molecular weight excluding hydrogens is 263 g/mol. The molecule has 0 fully saturated rings. The van der Waals surface area contributed by atoms with Gasteiger partial charge in [0.1, 0.15) is 5.82 Å². The van der Waals surface area contributed by atoms with Gasteiger partial charge in [0, 0.05) is 24.4 Å². The van der Waals surface area contributed by atoms with Crippen molar-refractivity contribution in [2.45, 2.75) is 39.2 Å². The van der Waals surface area contributed by atoms with Crippen LogP contribution in [0.3, 0.4) is 0 Å². The number of nitrogens with one attached hydrogen (secondary N) is 1. The second-order valence-electron chi connectivity index (χ2n) is 5.30. The highest BCUT2D eigenvalue weighted by Gasteiger charge is 2.10. The summed E-state index contributed by atoms with van der Waals surface area (Å²) in [4.78, 5) is 4.53. The molecule has 0 spiro atoms. The maximum absolute atomic E-state index is 13.0. The minimum absolute atomic E-state index is 0.185. The van der Waals surface area contributed by atoms with E-state index in [1.807, 2.05) is 18.3 Å². The van der Waals surface area contributed by atoms with Crippen LogP contribution in [0.4, 0.5) is 4.39 Å². The number of aryl methyl sites for hydroxylation is 1. The largest absolute Gasteiger partial charge is 0.314 e. The standard InChI is InChI=1S/C18H23FN2/c1-3-14-7-10-17(21-13-14)12-18(20-4-2)11-15-5-8-16(19)9-6-15/h5-10,13,18,20H,3-4,11-12H2,1-2H3. The average Bonchev–Trinajstić information content (AvgIpc) is 2.50. The van der Waals surface area contributed by atoms with E-state index in [2.05, 4.69) is 36.3 Å². The number of nitrogens with zero attached hydrogens (tertiary/aromatic N) is 1. The molecule has 2 rings (SSSR count). The van der Waals surface area contributed by atoms with Crippen LogP contribution in [0.2, 0.25) is 0 Å². The van der Waals surface area contributed by atoms with Gasteiger partial charge < -0.3 is 5.32 Å². The minimum Gasteiger partial charge on any atom is -0.314 e. The molecule has 0 saturated carbocycles. The Bertz CT molecular complexity index is 534. The van der Waals surface area contributed by atoms with Gasteiger partial charge >= 0.3 is 0 Å². The van der Waals surface area contributed by atoms with Crippen LogP contribution in [0, 0.1) is 5.82 Å². The van der Waals surface area contributed by atoms with Gasteiger partial charge in [-0.15, -0.1) is 0 Å². The van der Waals surface area contributed by atoms with E-state index in [1.54, 1.807) is 0 Å². The second-order valence-corrected chi connectivity index (χ2v) is 5.30. The van der Waals surface area contributed by atoms with Crippen molar-refractivity contribution >= 4 is 0 Å². The lowest BCUT2D eigenvalue weighted by Gasteiger charge is -2.18. The van der Waals surface area contributed by atoms with E-state index in [9.17, 15) is 4.39 Å². The lowest BCUT2D eigenvalue weighted by Crippen LogP contribution is -2.33. The van der Waals surface area contributed by atoms with Crippen molar-refractivity contribution in [3.05, 3.63) is 65.2 Å². The van der Waals surface area contributed by atoms with Crippen LogP contribution in [-0.4, -0.2) is 17.6 Å². The molecule has 21 heavy (non-hydrogen) atoms. The fourth-order valence-corrected chi connectivity index (χ4v) is 2.45. The van der Waals surface area contributed by atoms with Crippen molar-refractivity contribution in [1.82, 2.24) is 10.3 Å². The van der Waals surface area contributed by atoms with Gasteiger partial charge in [0.05, 0.1) is 0 Å². The predicted octanol–water partition coefficient (Wildman–Crippen LogP) is 3.55. The molecule has 0 aliphatic rings. The fraction of sp³-hybridized carbons (Fsp3) is 0.389. The van der Waals surface area contributed by atoms with Crippen molar-refractivity contribution in [3.8, 4) is 0 Å². The SMILES string of the molecule is CCNC(Cc1ccc(F)cc1)Cc1ccc(CC)cn1. The number of rotatable bonds is 7. The number of hydrogen-bond acceptors (Lipinski definition) is 2. The molecule has 1 aromatic carbocycles. The Hall–Kier alpha value is -1.74. The summed E-state index contributed by atoms with van der Waals surface area (Å²) in [6, 6.07) is 11.3. The maximum atomic E-state index is 13.0. The van der Waals surface area contributed by atoms with Gasteiger partial charge in [-0.2, -0.15) is 0 Å². The second kappa shape index (κ2) is 7.89. The van der Waals surface area contributed by atoms with Gasteiger partial charge in [-0.25, -0.2) is 4.39 Å². The van der Waals surface area contributed by atoms with E-state index in [4.69, 9.17) is 0 Å². The Labute approximate surface area is 126 Å². The van der Waals surface area contributed by atoms with Crippen LogP contribution in [0.25, 0.3) is 0 Å². The van der Waals surface area contributed by atoms with E-state index < -0.39 is 0 Å². The molecule has 1 heterocycles. The van der Waals surface area contributed by atoms with E-state index >= 15 is 0 Å². The summed E-state index contributed by atoms with van der Waals surface area (Å²) in [7, 11) is 0. The summed E-state index contributed by atoms with van der Waals surface area (Å²) in [5.41, 5.74) is 3.50. The van der Waals surface area contributed by atoms with Crippen LogP contribution < -0.4 is 5.32 Å².